The van der Waals surface area contributed by atoms with Crippen molar-refractivity contribution in [1.29, 1.82) is 0 Å². The van der Waals surface area contributed by atoms with Gasteiger partial charge in [0.25, 0.3) is 0 Å². The van der Waals surface area contributed by atoms with E-state index in [9.17, 15) is 0 Å². The van der Waals surface area contributed by atoms with Gasteiger partial charge in [0.2, 0.25) is 0 Å². The number of nitrogens with zero attached hydrogens (tertiary/aromatic N) is 2. The lowest BCUT2D eigenvalue weighted by Gasteiger charge is -2.29. The fourth-order valence-corrected chi connectivity index (χ4v) is 6.06. The predicted molar refractivity (Wildman–Crippen MR) is 194 cm³/mol. The molecule has 0 amide bonds. The van der Waals surface area contributed by atoms with Gasteiger partial charge < -0.3 is 15.1 Å². The van der Waals surface area contributed by atoms with Crippen LogP contribution in [-0.4, -0.2) is 25.2 Å². The Hall–Kier alpha value is -3.72. The predicted octanol–water partition coefficient (Wildman–Crippen LogP) is 11.3. The summed E-state index contributed by atoms with van der Waals surface area (Å²) in [5.41, 5.74) is 7.68. The van der Waals surface area contributed by atoms with E-state index >= 15 is 0 Å². The third kappa shape index (κ3) is 11.1. The van der Waals surface area contributed by atoms with Crippen molar-refractivity contribution in [3.63, 3.8) is 0 Å². The van der Waals surface area contributed by atoms with Gasteiger partial charge in [0.15, 0.2) is 0 Å². The van der Waals surface area contributed by atoms with Crippen LogP contribution in [0, 0.1) is 0 Å². The Morgan fingerprint density at radius 2 is 0.818 bits per heavy atom. The van der Waals surface area contributed by atoms with E-state index in [1.54, 1.807) is 0 Å². The van der Waals surface area contributed by atoms with Crippen LogP contribution in [-0.2, 0) is 6.42 Å². The zero-order chi connectivity index (χ0) is 31.0. The Labute approximate surface area is 268 Å². The monoisotopic (exact) mass is 589 g/mol. The lowest BCUT2D eigenvalue weighted by molar-refractivity contribution is 0.549. The molecule has 0 saturated heterocycles. The standard InChI is InChI=1S/C41H55N3/c1-34(2)43(40-27-23-37(24-28-40)33-36-19-13-11-14-20-36)31-17-9-7-5-6-8-10-18-32-44(35(3)4)41-29-25-39(26-30-41)42-38-21-15-12-16-22-38/h11-16,19-30,34-35,42H,5-10,17-18,31-33H2,1-4H3. The van der Waals surface area contributed by atoms with Gasteiger partial charge in [-0.3, -0.25) is 0 Å². The molecule has 0 radical (unpaired) electrons. The van der Waals surface area contributed by atoms with Gasteiger partial charge in [0.05, 0.1) is 0 Å². The van der Waals surface area contributed by atoms with E-state index in [-0.39, 0.29) is 0 Å². The molecule has 3 heteroatoms. The Morgan fingerprint density at radius 1 is 0.432 bits per heavy atom. The van der Waals surface area contributed by atoms with Crippen molar-refractivity contribution in [1.82, 2.24) is 0 Å². The molecule has 0 spiro atoms. The van der Waals surface area contributed by atoms with E-state index in [2.05, 4.69) is 146 Å². The van der Waals surface area contributed by atoms with Crippen LogP contribution >= 0.6 is 0 Å². The van der Waals surface area contributed by atoms with Gasteiger partial charge in [-0.05, 0) is 107 Å². The normalized spacial score (nSPS) is 11.2. The van der Waals surface area contributed by atoms with Crippen LogP contribution in [0.2, 0.25) is 0 Å². The van der Waals surface area contributed by atoms with Crippen LogP contribution in [0.4, 0.5) is 22.7 Å². The van der Waals surface area contributed by atoms with Crippen LogP contribution < -0.4 is 15.1 Å². The maximum absolute atomic E-state index is 3.49. The van der Waals surface area contributed by atoms with Crippen molar-refractivity contribution < 1.29 is 0 Å². The molecule has 0 saturated carbocycles. The summed E-state index contributed by atoms with van der Waals surface area (Å²) in [7, 11) is 0. The van der Waals surface area contributed by atoms with Crippen LogP contribution in [0.3, 0.4) is 0 Å². The SMILES string of the molecule is CC(C)N(CCCCCCCCCCN(c1ccc(Nc2ccccc2)cc1)C(C)C)c1ccc(Cc2ccccc2)cc1. The fourth-order valence-electron chi connectivity index (χ4n) is 6.06. The molecule has 4 aromatic rings. The molecule has 0 unspecified atom stereocenters. The fraction of sp³-hybridized carbons (Fsp3) is 0.415. The van der Waals surface area contributed by atoms with Gasteiger partial charge in [-0.2, -0.15) is 0 Å². The molecule has 0 heterocycles. The minimum Gasteiger partial charge on any atom is -0.369 e. The lowest BCUT2D eigenvalue weighted by atomic mass is 10.0. The quantitative estimate of drug-likeness (QED) is 0.110. The van der Waals surface area contributed by atoms with Crippen LogP contribution in [0.1, 0.15) is 90.2 Å². The third-order valence-electron chi connectivity index (χ3n) is 8.58. The Balaban J connectivity index is 1.08. The maximum Gasteiger partial charge on any atom is 0.0385 e. The van der Waals surface area contributed by atoms with E-state index in [4.69, 9.17) is 0 Å². The van der Waals surface area contributed by atoms with Crippen molar-refractivity contribution in [2.45, 2.75) is 97.6 Å². The average Bonchev–Trinajstić information content (AvgIpc) is 3.03. The first-order valence-corrected chi connectivity index (χ1v) is 17.1. The van der Waals surface area contributed by atoms with Crippen molar-refractivity contribution in [2.24, 2.45) is 0 Å². The van der Waals surface area contributed by atoms with Crippen molar-refractivity contribution in [3.05, 3.63) is 120 Å². The highest BCUT2D eigenvalue weighted by Gasteiger charge is 2.12. The van der Waals surface area contributed by atoms with E-state index in [0.29, 0.717) is 12.1 Å². The van der Waals surface area contributed by atoms with Gasteiger partial charge in [0.1, 0.15) is 0 Å². The molecule has 4 aromatic carbocycles. The topological polar surface area (TPSA) is 18.5 Å². The summed E-state index contributed by atoms with van der Waals surface area (Å²) >= 11 is 0. The third-order valence-corrected chi connectivity index (χ3v) is 8.58. The molecule has 0 atom stereocenters. The van der Waals surface area contributed by atoms with Gasteiger partial charge in [-0.1, -0.05) is 99.2 Å². The summed E-state index contributed by atoms with van der Waals surface area (Å²) in [4.78, 5) is 5.11. The Bertz CT molecular complexity index is 1190. The van der Waals surface area contributed by atoms with E-state index in [0.717, 1.165) is 30.9 Å². The van der Waals surface area contributed by atoms with E-state index < -0.39 is 0 Å². The number of nitrogens with one attached hydrogen (secondary N) is 1. The first kappa shape index (κ1) is 33.2. The second kappa shape index (κ2) is 18.2. The van der Waals surface area contributed by atoms with Crippen LogP contribution in [0.25, 0.3) is 0 Å². The molecule has 0 fully saturated rings. The Morgan fingerprint density at radius 3 is 1.30 bits per heavy atom. The van der Waals surface area contributed by atoms with E-state index in [1.165, 1.54) is 73.9 Å². The summed E-state index contributed by atoms with van der Waals surface area (Å²) in [6, 6.07) is 40.3. The Kier molecular flexibility index (Phi) is 13.7. The van der Waals surface area contributed by atoms with Gasteiger partial charge in [-0.15, -0.1) is 0 Å². The first-order valence-electron chi connectivity index (χ1n) is 17.1. The summed E-state index contributed by atoms with van der Waals surface area (Å²) in [5.74, 6) is 0. The molecule has 0 aromatic heterocycles. The van der Waals surface area contributed by atoms with Gasteiger partial charge >= 0.3 is 0 Å². The second-order valence-corrected chi connectivity index (χ2v) is 12.8. The van der Waals surface area contributed by atoms with Crippen LogP contribution in [0.5, 0.6) is 0 Å². The van der Waals surface area contributed by atoms with E-state index in [1.807, 2.05) is 6.07 Å². The minimum atomic E-state index is 0.501. The summed E-state index contributed by atoms with van der Waals surface area (Å²) in [5, 5.41) is 3.49. The number of unbranched alkanes of at least 4 members (excludes halogenated alkanes) is 7. The number of benzene rings is 4. The second-order valence-electron chi connectivity index (χ2n) is 12.8. The smallest absolute Gasteiger partial charge is 0.0385 e. The molecule has 44 heavy (non-hydrogen) atoms. The molecular formula is C41H55N3. The van der Waals surface area contributed by atoms with Gasteiger partial charge in [0, 0.05) is 47.9 Å². The highest BCUT2D eigenvalue weighted by Crippen LogP contribution is 2.24. The average molecular weight is 590 g/mol. The molecule has 4 rings (SSSR count). The molecule has 234 valence electrons. The molecular weight excluding hydrogens is 534 g/mol. The molecule has 0 aliphatic rings. The highest BCUT2D eigenvalue weighted by atomic mass is 15.2. The number of hydrogen-bond acceptors (Lipinski definition) is 3. The summed E-state index contributed by atoms with van der Waals surface area (Å²) in [6.45, 7) is 11.5. The van der Waals surface area contributed by atoms with Crippen molar-refractivity contribution >= 4 is 22.7 Å². The molecule has 1 N–H and O–H groups in total. The summed E-state index contributed by atoms with van der Waals surface area (Å²) in [6.07, 6.45) is 11.6. The lowest BCUT2D eigenvalue weighted by Crippen LogP contribution is -2.31. The number of hydrogen-bond donors (Lipinski definition) is 1. The zero-order valence-corrected chi connectivity index (χ0v) is 27.7. The number of anilines is 4. The largest absolute Gasteiger partial charge is 0.369 e. The zero-order valence-electron chi connectivity index (χ0n) is 27.7. The molecule has 0 aliphatic heterocycles. The molecule has 0 bridgehead atoms. The van der Waals surface area contributed by atoms with Gasteiger partial charge in [-0.25, -0.2) is 0 Å². The van der Waals surface area contributed by atoms with Crippen molar-refractivity contribution in [2.75, 3.05) is 28.2 Å². The minimum absolute atomic E-state index is 0.501. The number of rotatable bonds is 19. The highest BCUT2D eigenvalue weighted by molar-refractivity contribution is 5.63. The van der Waals surface area contributed by atoms with Crippen LogP contribution in [0.15, 0.2) is 109 Å². The first-order chi connectivity index (χ1) is 21.5. The summed E-state index contributed by atoms with van der Waals surface area (Å²) < 4.78 is 0. The maximum atomic E-state index is 3.49. The van der Waals surface area contributed by atoms with Crippen molar-refractivity contribution in [3.8, 4) is 0 Å². The molecule has 0 aliphatic carbocycles. The number of para-hydroxylation sites is 1. The molecule has 3 nitrogen and oxygen atoms in total.